The summed E-state index contributed by atoms with van der Waals surface area (Å²) in [4.78, 5) is 10.4. The maximum absolute atomic E-state index is 11.0. The van der Waals surface area contributed by atoms with Crippen molar-refractivity contribution in [3.63, 3.8) is 0 Å². The van der Waals surface area contributed by atoms with E-state index in [2.05, 4.69) is 11.4 Å². The SMILES string of the molecule is CCCNC(C)(C#N)COc1ccc(C#N)cc1[N+](=O)[O-]. The van der Waals surface area contributed by atoms with Crippen LogP contribution in [0.25, 0.3) is 0 Å². The van der Waals surface area contributed by atoms with Gasteiger partial charge in [-0.05, 0) is 32.0 Å². The average Bonchev–Trinajstić information content (AvgIpc) is 2.50. The number of hydrogen-bond donors (Lipinski definition) is 1. The van der Waals surface area contributed by atoms with E-state index in [4.69, 9.17) is 10.00 Å². The van der Waals surface area contributed by atoms with Crippen LogP contribution in [0.4, 0.5) is 5.69 Å². The number of nitrogens with zero attached hydrogens (tertiary/aromatic N) is 3. The molecule has 21 heavy (non-hydrogen) atoms. The molecule has 1 unspecified atom stereocenters. The van der Waals surface area contributed by atoms with E-state index in [0.717, 1.165) is 12.5 Å². The third-order valence-corrected chi connectivity index (χ3v) is 2.81. The Kier molecular flexibility index (Phi) is 5.65. The maximum Gasteiger partial charge on any atom is 0.312 e. The lowest BCUT2D eigenvalue weighted by atomic mass is 10.1. The van der Waals surface area contributed by atoms with Gasteiger partial charge in [0.2, 0.25) is 0 Å². The quantitative estimate of drug-likeness (QED) is 0.607. The third-order valence-electron chi connectivity index (χ3n) is 2.81. The summed E-state index contributed by atoms with van der Waals surface area (Å²) < 4.78 is 5.41. The summed E-state index contributed by atoms with van der Waals surface area (Å²) in [5, 5.41) is 32.0. The molecule has 0 aromatic heterocycles. The summed E-state index contributed by atoms with van der Waals surface area (Å²) in [5.74, 6) is 0.0405. The maximum atomic E-state index is 11.0. The Balaban J connectivity index is 2.91. The van der Waals surface area contributed by atoms with Crippen molar-refractivity contribution in [1.29, 1.82) is 10.5 Å². The predicted octanol–water partition coefficient (Wildman–Crippen LogP) is 2.13. The zero-order valence-electron chi connectivity index (χ0n) is 11.9. The van der Waals surface area contributed by atoms with Crippen LogP contribution in [-0.4, -0.2) is 23.6 Å². The molecule has 0 bridgehead atoms. The fraction of sp³-hybridized carbons (Fsp3) is 0.429. The molecule has 0 fully saturated rings. The van der Waals surface area contributed by atoms with Gasteiger partial charge in [-0.25, -0.2) is 0 Å². The topological polar surface area (TPSA) is 112 Å². The van der Waals surface area contributed by atoms with Gasteiger partial charge in [0.25, 0.3) is 0 Å². The molecule has 7 heteroatoms. The van der Waals surface area contributed by atoms with E-state index >= 15 is 0 Å². The molecule has 0 spiro atoms. The number of nitriles is 2. The minimum Gasteiger partial charge on any atom is -0.484 e. The molecular weight excluding hydrogens is 272 g/mol. The van der Waals surface area contributed by atoms with Crippen LogP contribution in [-0.2, 0) is 0 Å². The minimum absolute atomic E-state index is 0.0315. The summed E-state index contributed by atoms with van der Waals surface area (Å²) >= 11 is 0. The van der Waals surface area contributed by atoms with Gasteiger partial charge in [-0.2, -0.15) is 10.5 Å². The standard InChI is InChI=1S/C14H16N4O3/c1-3-6-17-14(2,9-16)10-21-13-5-4-11(8-15)7-12(13)18(19)20/h4-5,7,17H,3,6,10H2,1-2H3. The Morgan fingerprint density at radius 1 is 1.48 bits per heavy atom. The summed E-state index contributed by atoms with van der Waals surface area (Å²) in [5.41, 5.74) is -1.04. The zero-order valence-corrected chi connectivity index (χ0v) is 11.9. The molecule has 110 valence electrons. The van der Waals surface area contributed by atoms with E-state index in [-0.39, 0.29) is 23.6 Å². The van der Waals surface area contributed by atoms with E-state index in [9.17, 15) is 15.4 Å². The second-order valence-electron chi connectivity index (χ2n) is 4.71. The molecule has 0 amide bonds. The second-order valence-corrected chi connectivity index (χ2v) is 4.71. The largest absolute Gasteiger partial charge is 0.484 e. The van der Waals surface area contributed by atoms with Crippen molar-refractivity contribution in [3.05, 3.63) is 33.9 Å². The first-order chi connectivity index (χ1) is 9.95. The Morgan fingerprint density at radius 3 is 2.71 bits per heavy atom. The highest BCUT2D eigenvalue weighted by atomic mass is 16.6. The van der Waals surface area contributed by atoms with Gasteiger partial charge in [0, 0.05) is 6.07 Å². The summed E-state index contributed by atoms with van der Waals surface area (Å²) in [6.45, 7) is 4.24. The van der Waals surface area contributed by atoms with Crippen molar-refractivity contribution >= 4 is 5.69 Å². The molecule has 0 heterocycles. The molecule has 1 atom stereocenters. The highest BCUT2D eigenvalue weighted by Crippen LogP contribution is 2.28. The van der Waals surface area contributed by atoms with Crippen LogP contribution in [0.1, 0.15) is 25.8 Å². The number of hydrogen-bond acceptors (Lipinski definition) is 6. The fourth-order valence-electron chi connectivity index (χ4n) is 1.60. The van der Waals surface area contributed by atoms with Crippen molar-refractivity contribution in [2.75, 3.05) is 13.2 Å². The van der Waals surface area contributed by atoms with Crippen LogP contribution in [0.3, 0.4) is 0 Å². The molecule has 1 aromatic rings. The molecule has 0 aliphatic heterocycles. The first-order valence-electron chi connectivity index (χ1n) is 6.43. The fourth-order valence-corrected chi connectivity index (χ4v) is 1.60. The Hall–Kier alpha value is -2.64. The summed E-state index contributed by atoms with van der Waals surface area (Å²) in [6, 6.07) is 7.89. The molecule has 0 saturated heterocycles. The molecule has 1 aromatic carbocycles. The molecule has 0 saturated carbocycles. The monoisotopic (exact) mass is 288 g/mol. The van der Waals surface area contributed by atoms with Crippen LogP contribution in [0.5, 0.6) is 5.75 Å². The third kappa shape index (κ3) is 4.44. The Morgan fingerprint density at radius 2 is 2.19 bits per heavy atom. The van der Waals surface area contributed by atoms with Gasteiger partial charge in [-0.15, -0.1) is 0 Å². The van der Waals surface area contributed by atoms with E-state index in [1.54, 1.807) is 6.92 Å². The molecule has 0 radical (unpaired) electrons. The smallest absolute Gasteiger partial charge is 0.312 e. The lowest BCUT2D eigenvalue weighted by Crippen LogP contribution is -2.46. The van der Waals surface area contributed by atoms with Crippen molar-refractivity contribution in [2.24, 2.45) is 0 Å². The number of ether oxygens (including phenoxy) is 1. The van der Waals surface area contributed by atoms with Gasteiger partial charge in [0.1, 0.15) is 12.1 Å². The lowest BCUT2D eigenvalue weighted by Gasteiger charge is -2.23. The summed E-state index contributed by atoms with van der Waals surface area (Å²) in [7, 11) is 0. The van der Waals surface area contributed by atoms with E-state index in [1.165, 1.54) is 12.1 Å². The first kappa shape index (κ1) is 16.4. The second kappa shape index (κ2) is 7.22. The highest BCUT2D eigenvalue weighted by molar-refractivity contribution is 5.51. The molecule has 7 nitrogen and oxygen atoms in total. The molecule has 1 N–H and O–H groups in total. The van der Waals surface area contributed by atoms with Gasteiger partial charge in [0.15, 0.2) is 5.75 Å². The Labute approximate surface area is 122 Å². The average molecular weight is 288 g/mol. The molecular formula is C14H16N4O3. The van der Waals surface area contributed by atoms with Crippen LogP contribution >= 0.6 is 0 Å². The van der Waals surface area contributed by atoms with Crippen molar-refractivity contribution in [2.45, 2.75) is 25.8 Å². The van der Waals surface area contributed by atoms with E-state index in [1.807, 2.05) is 13.0 Å². The minimum atomic E-state index is -0.933. The summed E-state index contributed by atoms with van der Waals surface area (Å²) in [6.07, 6.45) is 0.855. The molecule has 0 aliphatic carbocycles. The highest BCUT2D eigenvalue weighted by Gasteiger charge is 2.26. The number of benzene rings is 1. The first-order valence-corrected chi connectivity index (χ1v) is 6.43. The lowest BCUT2D eigenvalue weighted by molar-refractivity contribution is -0.385. The van der Waals surface area contributed by atoms with Gasteiger partial charge >= 0.3 is 5.69 Å². The van der Waals surface area contributed by atoms with Gasteiger partial charge in [-0.1, -0.05) is 6.92 Å². The number of nitro benzene ring substituents is 1. The normalized spacial score (nSPS) is 12.8. The predicted molar refractivity (Wildman–Crippen MR) is 75.6 cm³/mol. The molecule has 1 rings (SSSR count). The van der Waals surface area contributed by atoms with Crippen LogP contribution in [0.2, 0.25) is 0 Å². The van der Waals surface area contributed by atoms with E-state index in [0.29, 0.717) is 6.54 Å². The Bertz CT molecular complexity index is 603. The van der Waals surface area contributed by atoms with Crippen molar-refractivity contribution in [1.82, 2.24) is 5.32 Å². The number of rotatable bonds is 7. The molecule has 0 aliphatic rings. The van der Waals surface area contributed by atoms with E-state index < -0.39 is 10.5 Å². The van der Waals surface area contributed by atoms with Crippen molar-refractivity contribution in [3.8, 4) is 17.9 Å². The van der Waals surface area contributed by atoms with Crippen LogP contribution in [0.15, 0.2) is 18.2 Å². The van der Waals surface area contributed by atoms with Crippen molar-refractivity contribution < 1.29 is 9.66 Å². The van der Waals surface area contributed by atoms with Crippen LogP contribution < -0.4 is 10.1 Å². The van der Waals surface area contributed by atoms with Gasteiger partial charge in [0.05, 0.1) is 22.6 Å². The number of nitro groups is 1. The van der Waals surface area contributed by atoms with Gasteiger partial charge < -0.3 is 4.74 Å². The zero-order chi connectivity index (χ0) is 15.9. The number of nitrogens with one attached hydrogen (secondary N) is 1. The van der Waals surface area contributed by atoms with Crippen LogP contribution in [0, 0.1) is 32.8 Å². The van der Waals surface area contributed by atoms with Gasteiger partial charge in [-0.3, -0.25) is 15.4 Å².